The standard InChI is InChI=1S/C35H40N4O6/c1-24(2)27-15-9-10-16-28(27)32-26(14-11-17-29(32)39(43)44)18-19-31(40)37-20-21-38(34(42)45-35(3,4)5)30(23-37)33(41)36-22-25-12-7-6-8-13-25/h6-19,24,30H,20-23H2,1-5H3,(H,36,41)/b19-18+. The minimum Gasteiger partial charge on any atom is -0.444 e. The molecule has 0 radical (unpaired) electrons. The van der Waals surface area contributed by atoms with Crippen molar-refractivity contribution in [2.45, 2.75) is 58.7 Å². The van der Waals surface area contributed by atoms with Gasteiger partial charge in [-0.15, -0.1) is 0 Å². The number of carbonyl (C=O) groups is 3. The summed E-state index contributed by atoms with van der Waals surface area (Å²) in [7, 11) is 0. The van der Waals surface area contributed by atoms with Crippen molar-refractivity contribution in [3.8, 4) is 11.1 Å². The van der Waals surface area contributed by atoms with E-state index in [1.165, 1.54) is 21.9 Å². The highest BCUT2D eigenvalue weighted by molar-refractivity contribution is 5.95. The summed E-state index contributed by atoms with van der Waals surface area (Å²) >= 11 is 0. The lowest BCUT2D eigenvalue weighted by Crippen LogP contribution is -2.61. The van der Waals surface area contributed by atoms with Gasteiger partial charge in [0.25, 0.3) is 5.69 Å². The number of carbonyl (C=O) groups excluding carboxylic acids is 3. The molecule has 10 heteroatoms. The smallest absolute Gasteiger partial charge is 0.411 e. The lowest BCUT2D eigenvalue weighted by atomic mass is 9.89. The summed E-state index contributed by atoms with van der Waals surface area (Å²) in [6, 6.07) is 20.7. The van der Waals surface area contributed by atoms with E-state index in [4.69, 9.17) is 4.74 Å². The number of amides is 3. The molecule has 1 aliphatic rings. The second kappa shape index (κ2) is 14.2. The van der Waals surface area contributed by atoms with Crippen molar-refractivity contribution in [3.63, 3.8) is 0 Å². The number of rotatable bonds is 8. The summed E-state index contributed by atoms with van der Waals surface area (Å²) in [4.78, 5) is 54.5. The van der Waals surface area contributed by atoms with Gasteiger partial charge < -0.3 is 15.0 Å². The molecule has 0 bridgehead atoms. The predicted molar refractivity (Wildman–Crippen MR) is 173 cm³/mol. The van der Waals surface area contributed by atoms with E-state index in [2.05, 4.69) is 5.32 Å². The zero-order valence-corrected chi connectivity index (χ0v) is 26.4. The van der Waals surface area contributed by atoms with E-state index in [0.717, 1.165) is 16.7 Å². The molecule has 1 atom stereocenters. The SMILES string of the molecule is CC(C)c1ccccc1-c1c(/C=C/C(=O)N2CCN(C(=O)OC(C)(C)C)C(C(=O)NCc3ccccc3)C2)cccc1[N+](=O)[O-]. The Morgan fingerprint density at radius 2 is 1.69 bits per heavy atom. The third-order valence-electron chi connectivity index (χ3n) is 7.46. The summed E-state index contributed by atoms with van der Waals surface area (Å²) < 4.78 is 5.57. The van der Waals surface area contributed by atoms with Gasteiger partial charge in [0.15, 0.2) is 0 Å². The molecular weight excluding hydrogens is 572 g/mol. The van der Waals surface area contributed by atoms with Crippen molar-refractivity contribution in [3.05, 3.63) is 106 Å². The van der Waals surface area contributed by atoms with Crippen LogP contribution in [-0.4, -0.2) is 63.9 Å². The van der Waals surface area contributed by atoms with Crippen LogP contribution in [0.15, 0.2) is 78.9 Å². The Hall–Kier alpha value is -4.99. The molecule has 1 N–H and O–H groups in total. The molecule has 1 heterocycles. The lowest BCUT2D eigenvalue weighted by molar-refractivity contribution is -0.384. The van der Waals surface area contributed by atoms with Crippen LogP contribution in [0, 0.1) is 10.1 Å². The van der Waals surface area contributed by atoms with E-state index in [-0.39, 0.29) is 43.7 Å². The van der Waals surface area contributed by atoms with Crippen molar-refractivity contribution in [1.82, 2.24) is 15.1 Å². The van der Waals surface area contributed by atoms with Gasteiger partial charge in [-0.1, -0.05) is 80.6 Å². The van der Waals surface area contributed by atoms with Gasteiger partial charge in [0.1, 0.15) is 11.6 Å². The quantitative estimate of drug-likeness (QED) is 0.185. The number of nitrogens with one attached hydrogen (secondary N) is 1. The fourth-order valence-electron chi connectivity index (χ4n) is 5.29. The number of hydrogen-bond donors (Lipinski definition) is 1. The lowest BCUT2D eigenvalue weighted by Gasteiger charge is -2.40. The summed E-state index contributed by atoms with van der Waals surface area (Å²) in [5, 5.41) is 14.9. The molecule has 236 valence electrons. The van der Waals surface area contributed by atoms with Gasteiger partial charge in [-0.25, -0.2) is 4.79 Å². The second-order valence-electron chi connectivity index (χ2n) is 12.3. The average molecular weight is 613 g/mol. The zero-order valence-electron chi connectivity index (χ0n) is 26.4. The largest absolute Gasteiger partial charge is 0.444 e. The molecule has 0 saturated carbocycles. The molecule has 1 saturated heterocycles. The number of benzene rings is 3. The average Bonchev–Trinajstić information content (AvgIpc) is 3.01. The van der Waals surface area contributed by atoms with E-state index in [0.29, 0.717) is 11.1 Å². The first kappa shape index (κ1) is 32.9. The van der Waals surface area contributed by atoms with E-state index >= 15 is 0 Å². The Balaban J connectivity index is 1.60. The Bertz CT molecular complexity index is 1580. The molecule has 3 amide bonds. The van der Waals surface area contributed by atoms with Crippen LogP contribution in [-0.2, 0) is 20.9 Å². The van der Waals surface area contributed by atoms with Gasteiger partial charge in [0.2, 0.25) is 11.8 Å². The van der Waals surface area contributed by atoms with Gasteiger partial charge in [-0.05, 0) is 55.0 Å². The van der Waals surface area contributed by atoms with Crippen LogP contribution in [0.1, 0.15) is 57.2 Å². The topological polar surface area (TPSA) is 122 Å². The maximum absolute atomic E-state index is 13.5. The molecule has 0 aliphatic carbocycles. The van der Waals surface area contributed by atoms with Crippen LogP contribution >= 0.6 is 0 Å². The van der Waals surface area contributed by atoms with Gasteiger partial charge in [0.05, 0.1) is 17.0 Å². The predicted octanol–water partition coefficient (Wildman–Crippen LogP) is 6.16. The Kier molecular flexibility index (Phi) is 10.4. The molecule has 10 nitrogen and oxygen atoms in total. The molecule has 1 unspecified atom stereocenters. The second-order valence-corrected chi connectivity index (χ2v) is 12.3. The van der Waals surface area contributed by atoms with Crippen LogP contribution in [0.3, 0.4) is 0 Å². The monoisotopic (exact) mass is 612 g/mol. The van der Waals surface area contributed by atoms with Gasteiger partial charge in [-0.2, -0.15) is 0 Å². The van der Waals surface area contributed by atoms with Crippen molar-refractivity contribution in [1.29, 1.82) is 0 Å². The molecular formula is C35H40N4O6. The summed E-state index contributed by atoms with van der Waals surface area (Å²) in [5.41, 5.74) is 2.72. The van der Waals surface area contributed by atoms with Crippen molar-refractivity contribution < 1.29 is 24.0 Å². The van der Waals surface area contributed by atoms with Crippen LogP contribution in [0.4, 0.5) is 10.5 Å². The zero-order chi connectivity index (χ0) is 32.7. The molecule has 1 fully saturated rings. The van der Waals surface area contributed by atoms with E-state index in [1.54, 1.807) is 39.0 Å². The third kappa shape index (κ3) is 8.35. The number of hydrogen-bond acceptors (Lipinski definition) is 6. The highest BCUT2D eigenvalue weighted by atomic mass is 16.6. The summed E-state index contributed by atoms with van der Waals surface area (Å²) in [6.45, 7) is 9.81. The molecule has 3 aromatic carbocycles. The Labute approximate surface area is 263 Å². The highest BCUT2D eigenvalue weighted by Gasteiger charge is 2.38. The van der Waals surface area contributed by atoms with Gasteiger partial charge in [0, 0.05) is 31.8 Å². The fourth-order valence-corrected chi connectivity index (χ4v) is 5.29. The van der Waals surface area contributed by atoms with Gasteiger partial charge >= 0.3 is 6.09 Å². The van der Waals surface area contributed by atoms with Crippen LogP contribution in [0.5, 0.6) is 0 Å². The van der Waals surface area contributed by atoms with E-state index in [9.17, 15) is 24.5 Å². The van der Waals surface area contributed by atoms with Crippen LogP contribution in [0.2, 0.25) is 0 Å². The first-order valence-corrected chi connectivity index (χ1v) is 15.0. The normalized spacial score (nSPS) is 15.3. The number of nitro groups is 1. The van der Waals surface area contributed by atoms with Crippen LogP contribution < -0.4 is 5.32 Å². The molecule has 0 aromatic heterocycles. The maximum Gasteiger partial charge on any atom is 0.411 e. The number of nitro benzene ring substituents is 1. The van der Waals surface area contributed by atoms with Crippen molar-refractivity contribution in [2.24, 2.45) is 0 Å². The van der Waals surface area contributed by atoms with E-state index < -0.39 is 28.6 Å². The van der Waals surface area contributed by atoms with E-state index in [1.807, 2.05) is 68.4 Å². The Morgan fingerprint density at radius 3 is 2.36 bits per heavy atom. The van der Waals surface area contributed by atoms with Crippen LogP contribution in [0.25, 0.3) is 17.2 Å². The maximum atomic E-state index is 13.5. The number of ether oxygens (including phenoxy) is 1. The van der Waals surface area contributed by atoms with Gasteiger partial charge in [-0.3, -0.25) is 24.6 Å². The summed E-state index contributed by atoms with van der Waals surface area (Å²) in [6.07, 6.45) is 2.31. The summed E-state index contributed by atoms with van der Waals surface area (Å²) in [5.74, 6) is -0.669. The molecule has 3 aromatic rings. The first-order chi connectivity index (χ1) is 21.4. The highest BCUT2D eigenvalue weighted by Crippen LogP contribution is 2.38. The van der Waals surface area contributed by atoms with Crippen molar-refractivity contribution >= 4 is 29.7 Å². The first-order valence-electron chi connectivity index (χ1n) is 15.0. The molecule has 0 spiro atoms. The minimum atomic E-state index is -0.971. The molecule has 4 rings (SSSR count). The molecule has 1 aliphatic heterocycles. The minimum absolute atomic E-state index is 0.0407. The fraction of sp³-hybridized carbons (Fsp3) is 0.343. The number of nitrogens with zero attached hydrogens (tertiary/aromatic N) is 3. The molecule has 45 heavy (non-hydrogen) atoms. The number of piperazine rings is 1. The Morgan fingerprint density at radius 1 is 1.00 bits per heavy atom. The van der Waals surface area contributed by atoms with Crippen molar-refractivity contribution in [2.75, 3.05) is 19.6 Å². The third-order valence-corrected chi connectivity index (χ3v) is 7.46.